The molecule has 25 heavy (non-hydrogen) atoms. The van der Waals surface area contributed by atoms with Crippen LogP contribution in [0.15, 0.2) is 60.7 Å². The fraction of sp³-hybridized carbons (Fsp3) is 0.211. The smallest absolute Gasteiger partial charge is 0.332 e. The van der Waals surface area contributed by atoms with Crippen molar-refractivity contribution in [2.75, 3.05) is 12.0 Å². The van der Waals surface area contributed by atoms with Gasteiger partial charge in [0.05, 0.1) is 5.92 Å². The molecule has 6 heteroatoms. The summed E-state index contributed by atoms with van der Waals surface area (Å²) in [4.78, 5) is 37.8. The van der Waals surface area contributed by atoms with Gasteiger partial charge in [-0.1, -0.05) is 60.7 Å². The molecule has 2 aromatic rings. The molecule has 0 amide bonds. The van der Waals surface area contributed by atoms with E-state index in [2.05, 4.69) is 0 Å². The molecule has 0 spiro atoms. The summed E-state index contributed by atoms with van der Waals surface area (Å²) in [6.07, 6.45) is 1.74. The molecule has 0 aliphatic heterocycles. The average Bonchev–Trinajstić information content (AvgIpc) is 2.65. The SMILES string of the molecule is CSCC(C(=O)c1ccccc1)C(N)(C(=O)O)C(=O)c1ccccc1. The molecule has 0 heterocycles. The number of aliphatic carboxylic acids is 1. The fourth-order valence-electron chi connectivity index (χ4n) is 2.62. The number of benzene rings is 2. The zero-order chi connectivity index (χ0) is 18.4. The van der Waals surface area contributed by atoms with Crippen molar-refractivity contribution in [1.82, 2.24) is 0 Å². The highest BCUT2D eigenvalue weighted by Gasteiger charge is 2.52. The van der Waals surface area contributed by atoms with Crippen LogP contribution >= 0.6 is 11.8 Å². The Labute approximate surface area is 150 Å². The van der Waals surface area contributed by atoms with Crippen molar-refractivity contribution in [2.24, 2.45) is 11.7 Å². The number of hydrogen-bond donors (Lipinski definition) is 2. The van der Waals surface area contributed by atoms with Crippen molar-refractivity contribution >= 4 is 29.3 Å². The van der Waals surface area contributed by atoms with E-state index >= 15 is 0 Å². The predicted molar refractivity (Wildman–Crippen MR) is 98.0 cm³/mol. The molecule has 2 rings (SSSR count). The lowest BCUT2D eigenvalue weighted by molar-refractivity contribution is -0.142. The number of carbonyl (C=O) groups excluding carboxylic acids is 2. The molecule has 2 unspecified atom stereocenters. The van der Waals surface area contributed by atoms with Gasteiger partial charge in [0.2, 0.25) is 0 Å². The Morgan fingerprint density at radius 2 is 1.48 bits per heavy atom. The topological polar surface area (TPSA) is 97.5 Å². The van der Waals surface area contributed by atoms with Crippen LogP contribution in [0.2, 0.25) is 0 Å². The Hall–Kier alpha value is -2.44. The second kappa shape index (κ2) is 8.09. The fourth-order valence-corrected chi connectivity index (χ4v) is 3.36. The van der Waals surface area contributed by atoms with Crippen LogP contribution in [0.5, 0.6) is 0 Å². The van der Waals surface area contributed by atoms with Gasteiger partial charge >= 0.3 is 5.97 Å². The average molecular weight is 357 g/mol. The van der Waals surface area contributed by atoms with Crippen LogP contribution in [-0.4, -0.2) is 40.2 Å². The van der Waals surface area contributed by atoms with Crippen LogP contribution in [-0.2, 0) is 4.79 Å². The predicted octanol–water partition coefficient (Wildman–Crippen LogP) is 2.51. The minimum atomic E-state index is -2.34. The molecule has 0 saturated carbocycles. The van der Waals surface area contributed by atoms with Gasteiger partial charge < -0.3 is 10.8 Å². The normalized spacial score (nSPS) is 14.3. The summed E-state index contributed by atoms with van der Waals surface area (Å²) in [5.41, 5.74) is 4.26. The van der Waals surface area contributed by atoms with Gasteiger partial charge in [0.25, 0.3) is 0 Å². The second-order valence-corrected chi connectivity index (χ2v) is 6.52. The Kier molecular flexibility index (Phi) is 6.12. The van der Waals surface area contributed by atoms with Crippen molar-refractivity contribution in [2.45, 2.75) is 5.54 Å². The van der Waals surface area contributed by atoms with Gasteiger partial charge in [-0.05, 0) is 6.26 Å². The van der Waals surface area contributed by atoms with E-state index in [1.54, 1.807) is 54.8 Å². The molecule has 0 aliphatic rings. The Morgan fingerprint density at radius 3 is 1.92 bits per heavy atom. The molecule has 3 N–H and O–H groups in total. The number of Topliss-reactive ketones (excluding diaryl/α,β-unsaturated/α-hetero) is 2. The third kappa shape index (κ3) is 3.81. The maximum absolute atomic E-state index is 12.9. The molecule has 0 radical (unpaired) electrons. The van der Waals surface area contributed by atoms with Crippen LogP contribution in [0.25, 0.3) is 0 Å². The number of thioether (sulfide) groups is 1. The first-order valence-corrected chi connectivity index (χ1v) is 9.02. The zero-order valence-corrected chi connectivity index (χ0v) is 14.5. The van der Waals surface area contributed by atoms with E-state index in [1.807, 2.05) is 0 Å². The quantitative estimate of drug-likeness (QED) is 0.556. The first-order valence-electron chi connectivity index (χ1n) is 7.63. The first kappa shape index (κ1) is 18.9. The lowest BCUT2D eigenvalue weighted by Crippen LogP contribution is -2.63. The molecule has 0 bridgehead atoms. The van der Waals surface area contributed by atoms with E-state index in [0.29, 0.717) is 5.56 Å². The van der Waals surface area contributed by atoms with E-state index in [-0.39, 0.29) is 11.3 Å². The number of rotatable bonds is 8. The largest absolute Gasteiger partial charge is 0.480 e. The minimum absolute atomic E-state index is 0.120. The highest BCUT2D eigenvalue weighted by atomic mass is 32.2. The van der Waals surface area contributed by atoms with Crippen molar-refractivity contribution in [3.8, 4) is 0 Å². The van der Waals surface area contributed by atoms with Crippen molar-refractivity contribution in [3.63, 3.8) is 0 Å². The van der Waals surface area contributed by atoms with Gasteiger partial charge in [0.1, 0.15) is 0 Å². The van der Waals surface area contributed by atoms with Crippen LogP contribution in [0.1, 0.15) is 20.7 Å². The van der Waals surface area contributed by atoms with Gasteiger partial charge in [0.15, 0.2) is 17.1 Å². The lowest BCUT2D eigenvalue weighted by Gasteiger charge is -2.31. The van der Waals surface area contributed by atoms with E-state index in [4.69, 9.17) is 5.73 Å². The van der Waals surface area contributed by atoms with Gasteiger partial charge in [-0.3, -0.25) is 9.59 Å². The first-order chi connectivity index (χ1) is 11.9. The molecular weight excluding hydrogens is 338 g/mol. The highest BCUT2D eigenvalue weighted by Crippen LogP contribution is 2.27. The summed E-state index contributed by atoms with van der Waals surface area (Å²) in [7, 11) is 0. The van der Waals surface area contributed by atoms with Gasteiger partial charge in [-0.15, -0.1) is 0 Å². The van der Waals surface area contributed by atoms with Crippen LogP contribution in [0.3, 0.4) is 0 Å². The minimum Gasteiger partial charge on any atom is -0.480 e. The van der Waals surface area contributed by atoms with E-state index < -0.39 is 29.0 Å². The summed E-state index contributed by atoms with van der Waals surface area (Å²) in [5, 5.41) is 9.75. The van der Waals surface area contributed by atoms with E-state index in [1.165, 1.54) is 23.9 Å². The maximum atomic E-state index is 12.9. The van der Waals surface area contributed by atoms with Crippen molar-refractivity contribution < 1.29 is 19.5 Å². The highest BCUT2D eigenvalue weighted by molar-refractivity contribution is 7.98. The van der Waals surface area contributed by atoms with Crippen molar-refractivity contribution in [1.29, 1.82) is 0 Å². The summed E-state index contributed by atoms with van der Waals surface area (Å²) in [6, 6.07) is 16.2. The third-order valence-electron chi connectivity index (χ3n) is 4.02. The monoisotopic (exact) mass is 357 g/mol. The molecule has 2 atom stereocenters. The van der Waals surface area contributed by atoms with Crippen LogP contribution in [0, 0.1) is 5.92 Å². The summed E-state index contributed by atoms with van der Waals surface area (Å²) in [6.45, 7) is 0. The standard InChI is InChI=1S/C19H19NO4S/c1-25-12-15(16(21)13-8-4-2-5-9-13)19(20,18(23)24)17(22)14-10-6-3-7-11-14/h2-11,15H,12,20H2,1H3,(H,23,24). The molecule has 0 aromatic heterocycles. The van der Waals surface area contributed by atoms with E-state index in [9.17, 15) is 19.5 Å². The molecule has 5 nitrogen and oxygen atoms in total. The maximum Gasteiger partial charge on any atom is 0.332 e. The number of hydrogen-bond acceptors (Lipinski definition) is 5. The molecule has 0 saturated heterocycles. The molecule has 0 aliphatic carbocycles. The summed E-state index contributed by atoms with van der Waals surface area (Å²) < 4.78 is 0. The molecule has 0 fully saturated rings. The Balaban J connectivity index is 2.52. The van der Waals surface area contributed by atoms with Gasteiger partial charge in [-0.25, -0.2) is 4.79 Å². The number of ketones is 2. The molecular formula is C19H19NO4S. The summed E-state index contributed by atoms with van der Waals surface area (Å²) >= 11 is 1.27. The Morgan fingerprint density at radius 1 is 1.00 bits per heavy atom. The zero-order valence-electron chi connectivity index (χ0n) is 13.7. The number of carbonyl (C=O) groups is 3. The lowest BCUT2D eigenvalue weighted by atomic mass is 9.76. The second-order valence-electron chi connectivity index (χ2n) is 5.61. The summed E-state index contributed by atoms with van der Waals surface area (Å²) in [5.74, 6) is -3.80. The number of carboxylic acid groups (broad SMARTS) is 1. The molecule has 130 valence electrons. The third-order valence-corrected chi connectivity index (χ3v) is 4.69. The van der Waals surface area contributed by atoms with E-state index in [0.717, 1.165) is 0 Å². The molecule has 2 aromatic carbocycles. The number of nitrogens with two attached hydrogens (primary N) is 1. The van der Waals surface area contributed by atoms with Crippen LogP contribution < -0.4 is 5.73 Å². The van der Waals surface area contributed by atoms with Crippen molar-refractivity contribution in [3.05, 3.63) is 71.8 Å². The number of carboxylic acids is 1. The van der Waals surface area contributed by atoms with Gasteiger partial charge in [0, 0.05) is 16.9 Å². The van der Waals surface area contributed by atoms with Gasteiger partial charge in [-0.2, -0.15) is 11.8 Å². The van der Waals surface area contributed by atoms with Crippen LogP contribution in [0.4, 0.5) is 0 Å². The Bertz CT molecular complexity index is 764.